The molecule has 23 heavy (non-hydrogen) atoms. The standard InChI is InChI=1S/C18H16BrN3O/c19-15-5-6-17-20-16(9-18(23)22(17)11-15)12-21-8-7-13-3-1-2-4-14(13)10-21/h1-6,9,11H,7-8,10,12H2/p+1. The lowest BCUT2D eigenvalue weighted by Crippen LogP contribution is -3.10. The van der Waals surface area contributed by atoms with Crippen molar-refractivity contribution >= 4 is 21.6 Å². The summed E-state index contributed by atoms with van der Waals surface area (Å²) in [6.45, 7) is 2.87. The first-order valence-corrected chi connectivity index (χ1v) is 8.56. The van der Waals surface area contributed by atoms with Crippen molar-refractivity contribution in [3.05, 3.63) is 80.3 Å². The van der Waals surface area contributed by atoms with E-state index in [1.54, 1.807) is 16.7 Å². The molecule has 0 bridgehead atoms. The zero-order valence-corrected chi connectivity index (χ0v) is 14.2. The number of quaternary nitrogens is 1. The summed E-state index contributed by atoms with van der Waals surface area (Å²) in [5, 5.41) is 0. The molecule has 1 aliphatic heterocycles. The van der Waals surface area contributed by atoms with Crippen LogP contribution in [0.3, 0.4) is 0 Å². The van der Waals surface area contributed by atoms with E-state index in [1.807, 2.05) is 12.1 Å². The molecule has 0 spiro atoms. The van der Waals surface area contributed by atoms with Crippen molar-refractivity contribution in [2.45, 2.75) is 19.5 Å². The first-order chi connectivity index (χ1) is 11.2. The van der Waals surface area contributed by atoms with Gasteiger partial charge in [-0.15, -0.1) is 0 Å². The molecule has 3 heterocycles. The number of halogens is 1. The molecule has 4 nitrogen and oxygen atoms in total. The van der Waals surface area contributed by atoms with Crippen LogP contribution in [0.15, 0.2) is 57.9 Å². The topological polar surface area (TPSA) is 38.8 Å². The molecule has 0 fully saturated rings. The van der Waals surface area contributed by atoms with Crippen molar-refractivity contribution in [2.75, 3.05) is 6.54 Å². The van der Waals surface area contributed by atoms with E-state index in [2.05, 4.69) is 45.2 Å². The third-order valence-corrected chi connectivity index (χ3v) is 4.88. The minimum atomic E-state index is -0.0249. The Balaban J connectivity index is 1.61. The molecular formula is C18H17BrN3O+. The molecule has 1 atom stereocenters. The van der Waals surface area contributed by atoms with Gasteiger partial charge in [-0.3, -0.25) is 9.20 Å². The first kappa shape index (κ1) is 14.6. The van der Waals surface area contributed by atoms with E-state index in [1.165, 1.54) is 16.0 Å². The number of hydrogen-bond acceptors (Lipinski definition) is 2. The molecule has 4 rings (SSSR count). The number of nitrogens with zero attached hydrogens (tertiary/aromatic N) is 2. The Labute approximate surface area is 142 Å². The van der Waals surface area contributed by atoms with Crippen LogP contribution in [0.25, 0.3) is 5.65 Å². The van der Waals surface area contributed by atoms with Crippen LogP contribution in [0.5, 0.6) is 0 Å². The van der Waals surface area contributed by atoms with E-state index in [4.69, 9.17) is 0 Å². The fourth-order valence-corrected chi connectivity index (χ4v) is 3.60. The highest BCUT2D eigenvalue weighted by Gasteiger charge is 2.20. The van der Waals surface area contributed by atoms with Crippen molar-refractivity contribution in [1.29, 1.82) is 0 Å². The van der Waals surface area contributed by atoms with E-state index in [0.717, 1.165) is 36.2 Å². The Hall–Kier alpha value is -1.98. The molecule has 2 aromatic heterocycles. The van der Waals surface area contributed by atoms with Gasteiger partial charge in [-0.2, -0.15) is 0 Å². The summed E-state index contributed by atoms with van der Waals surface area (Å²) in [7, 11) is 0. The maximum Gasteiger partial charge on any atom is 0.258 e. The summed E-state index contributed by atoms with van der Waals surface area (Å²) in [6, 6.07) is 14.1. The summed E-state index contributed by atoms with van der Waals surface area (Å²) < 4.78 is 2.45. The molecule has 0 saturated carbocycles. The zero-order valence-electron chi connectivity index (χ0n) is 12.6. The molecule has 0 saturated heterocycles. The normalized spacial score (nSPS) is 17.2. The van der Waals surface area contributed by atoms with Gasteiger partial charge in [0, 0.05) is 28.7 Å². The molecular weight excluding hydrogens is 354 g/mol. The average Bonchev–Trinajstić information content (AvgIpc) is 2.55. The van der Waals surface area contributed by atoms with Crippen LogP contribution in [0.1, 0.15) is 16.8 Å². The van der Waals surface area contributed by atoms with Crippen LogP contribution in [0.2, 0.25) is 0 Å². The van der Waals surface area contributed by atoms with Crippen LogP contribution in [-0.2, 0) is 19.5 Å². The van der Waals surface area contributed by atoms with Crippen LogP contribution in [0, 0.1) is 0 Å². The summed E-state index contributed by atoms with van der Waals surface area (Å²) in [4.78, 5) is 18.4. The van der Waals surface area contributed by atoms with Crippen molar-refractivity contribution in [3.8, 4) is 0 Å². The second kappa shape index (κ2) is 5.91. The lowest BCUT2D eigenvalue weighted by molar-refractivity contribution is -0.929. The van der Waals surface area contributed by atoms with E-state index >= 15 is 0 Å². The predicted octanol–water partition coefficient (Wildman–Crippen LogP) is 1.60. The molecule has 1 aromatic carbocycles. The SMILES string of the molecule is O=c1cc(C[NH+]2CCc3ccccc3C2)nc2ccc(Br)cn12. The fourth-order valence-electron chi connectivity index (χ4n) is 3.27. The maximum absolute atomic E-state index is 12.3. The molecule has 0 radical (unpaired) electrons. The fraction of sp³-hybridized carbons (Fsp3) is 0.222. The largest absolute Gasteiger partial charge is 0.326 e. The third-order valence-electron chi connectivity index (χ3n) is 4.41. The van der Waals surface area contributed by atoms with Gasteiger partial charge in [-0.1, -0.05) is 24.3 Å². The second-order valence-corrected chi connectivity index (χ2v) is 6.95. The number of fused-ring (bicyclic) bond motifs is 2. The average molecular weight is 371 g/mol. The summed E-state index contributed by atoms with van der Waals surface area (Å²) in [6.07, 6.45) is 2.85. The number of hydrogen-bond donors (Lipinski definition) is 1. The summed E-state index contributed by atoms with van der Waals surface area (Å²) >= 11 is 3.39. The second-order valence-electron chi connectivity index (χ2n) is 6.03. The Morgan fingerprint density at radius 3 is 2.87 bits per heavy atom. The van der Waals surface area contributed by atoms with Crippen LogP contribution < -0.4 is 10.5 Å². The molecule has 3 aromatic rings. The number of aromatic nitrogens is 2. The smallest absolute Gasteiger partial charge is 0.258 e. The third kappa shape index (κ3) is 2.94. The van der Waals surface area contributed by atoms with E-state index < -0.39 is 0 Å². The Morgan fingerprint density at radius 2 is 2.00 bits per heavy atom. The van der Waals surface area contributed by atoms with Gasteiger partial charge in [0.25, 0.3) is 5.56 Å². The number of nitrogens with one attached hydrogen (secondary N) is 1. The Morgan fingerprint density at radius 1 is 1.17 bits per heavy atom. The highest BCUT2D eigenvalue weighted by molar-refractivity contribution is 9.10. The summed E-state index contributed by atoms with van der Waals surface area (Å²) in [5.41, 5.74) is 4.41. The van der Waals surface area contributed by atoms with Crippen molar-refractivity contribution in [3.63, 3.8) is 0 Å². The number of rotatable bonds is 2. The van der Waals surface area contributed by atoms with Gasteiger partial charge in [0.15, 0.2) is 0 Å². The van der Waals surface area contributed by atoms with Gasteiger partial charge in [-0.05, 0) is 33.6 Å². The van der Waals surface area contributed by atoms with Gasteiger partial charge < -0.3 is 4.90 Å². The first-order valence-electron chi connectivity index (χ1n) is 7.77. The zero-order chi connectivity index (χ0) is 15.8. The molecule has 5 heteroatoms. The van der Waals surface area contributed by atoms with Crippen molar-refractivity contribution < 1.29 is 4.90 Å². The number of benzene rings is 1. The van der Waals surface area contributed by atoms with Crippen LogP contribution in [0.4, 0.5) is 0 Å². The molecule has 116 valence electrons. The minimum Gasteiger partial charge on any atom is -0.326 e. The lowest BCUT2D eigenvalue weighted by atomic mass is 10.00. The minimum absolute atomic E-state index is 0.0249. The molecule has 1 aliphatic rings. The lowest BCUT2D eigenvalue weighted by Gasteiger charge is -2.25. The van der Waals surface area contributed by atoms with Gasteiger partial charge in [0.05, 0.1) is 6.54 Å². The van der Waals surface area contributed by atoms with Crippen molar-refractivity contribution in [1.82, 2.24) is 9.38 Å². The molecule has 1 unspecified atom stereocenters. The monoisotopic (exact) mass is 370 g/mol. The maximum atomic E-state index is 12.3. The van der Waals surface area contributed by atoms with E-state index in [0.29, 0.717) is 5.65 Å². The van der Waals surface area contributed by atoms with E-state index in [-0.39, 0.29) is 5.56 Å². The summed E-state index contributed by atoms with van der Waals surface area (Å²) in [5.74, 6) is 0. The van der Waals surface area contributed by atoms with Gasteiger partial charge in [0.2, 0.25) is 0 Å². The molecule has 0 aliphatic carbocycles. The van der Waals surface area contributed by atoms with E-state index in [9.17, 15) is 4.79 Å². The van der Waals surface area contributed by atoms with Gasteiger partial charge in [0.1, 0.15) is 24.4 Å². The number of pyridine rings is 1. The highest BCUT2D eigenvalue weighted by atomic mass is 79.9. The highest BCUT2D eigenvalue weighted by Crippen LogP contribution is 2.11. The molecule has 0 amide bonds. The molecule has 1 N–H and O–H groups in total. The van der Waals surface area contributed by atoms with Gasteiger partial charge >= 0.3 is 0 Å². The van der Waals surface area contributed by atoms with Crippen molar-refractivity contribution in [2.24, 2.45) is 0 Å². The Kier molecular flexibility index (Phi) is 3.75. The van der Waals surface area contributed by atoms with Crippen LogP contribution in [-0.4, -0.2) is 15.9 Å². The Bertz CT molecular complexity index is 935. The quantitative estimate of drug-likeness (QED) is 0.743. The van der Waals surface area contributed by atoms with Crippen LogP contribution >= 0.6 is 15.9 Å². The predicted molar refractivity (Wildman–Crippen MR) is 92.5 cm³/mol. The van der Waals surface area contributed by atoms with Gasteiger partial charge in [-0.25, -0.2) is 4.98 Å².